The fourth-order valence-electron chi connectivity index (χ4n) is 2.65. The van der Waals surface area contributed by atoms with Gasteiger partial charge in [0.1, 0.15) is 0 Å². The largest absolute Gasteiger partial charge is 0.411 e. The Labute approximate surface area is 124 Å². The van der Waals surface area contributed by atoms with Gasteiger partial charge in [0.2, 0.25) is 0 Å². The molecule has 0 unspecified atom stereocenters. The highest BCUT2D eigenvalue weighted by atomic mass is 16.6. The molecule has 2 N–H and O–H groups in total. The van der Waals surface area contributed by atoms with E-state index in [1.54, 1.807) is 0 Å². The molecule has 2 heteroatoms. The van der Waals surface area contributed by atoms with Crippen molar-refractivity contribution in [1.29, 1.82) is 0 Å². The van der Waals surface area contributed by atoms with E-state index in [-0.39, 0.29) is 10.8 Å². The molecule has 0 spiro atoms. The molecule has 1 aromatic rings. The van der Waals surface area contributed by atoms with Crippen LogP contribution < -0.4 is 10.7 Å². The van der Waals surface area contributed by atoms with Crippen LogP contribution in [-0.2, 0) is 11.8 Å². The molecule has 0 aliphatic rings. The summed E-state index contributed by atoms with van der Waals surface area (Å²) in [6.45, 7) is 19.4. The second-order valence-corrected chi connectivity index (χ2v) is 7.76. The molecule has 1 rings (SSSR count). The minimum atomic E-state index is 0.0849. The van der Waals surface area contributed by atoms with E-state index in [0.29, 0.717) is 0 Å². The molecule has 0 aliphatic heterocycles. The van der Waals surface area contributed by atoms with E-state index >= 15 is 0 Å². The Morgan fingerprint density at radius 1 is 1.20 bits per heavy atom. The average Bonchev–Trinajstić information content (AvgIpc) is 2.28. The Balaban J connectivity index is 3.64. The molecule has 1 aromatic carbocycles. The lowest BCUT2D eigenvalue weighted by Gasteiger charge is -2.28. The third-order valence-corrected chi connectivity index (χ3v) is 3.55. The van der Waals surface area contributed by atoms with Crippen LogP contribution in [0.2, 0.25) is 0 Å². The number of nitrogens with two attached hydrogens (primary N) is 1. The summed E-state index contributed by atoms with van der Waals surface area (Å²) in [4.78, 5) is 5.19. The van der Waals surface area contributed by atoms with Crippen LogP contribution in [0.3, 0.4) is 0 Å². The van der Waals surface area contributed by atoms with Gasteiger partial charge in [0.05, 0.1) is 0 Å². The summed E-state index contributed by atoms with van der Waals surface area (Å²) in [7, 11) is 0. The van der Waals surface area contributed by atoms with Crippen LogP contribution in [0.4, 0.5) is 0 Å². The fourth-order valence-corrected chi connectivity index (χ4v) is 2.65. The minimum absolute atomic E-state index is 0.0849. The lowest BCUT2D eigenvalue weighted by atomic mass is 9.77. The smallest absolute Gasteiger partial charge is 0.157 e. The Hall–Kier alpha value is -1.28. The first kappa shape index (κ1) is 16.8. The van der Waals surface area contributed by atoms with E-state index in [2.05, 4.69) is 61.1 Å². The van der Waals surface area contributed by atoms with Crippen molar-refractivity contribution in [3.05, 3.63) is 34.9 Å². The van der Waals surface area contributed by atoms with E-state index in [1.165, 1.54) is 16.7 Å². The van der Waals surface area contributed by atoms with E-state index < -0.39 is 0 Å². The summed E-state index contributed by atoms with van der Waals surface area (Å²) < 4.78 is 0. The second-order valence-electron chi connectivity index (χ2n) is 7.76. The summed E-state index contributed by atoms with van der Waals surface area (Å²) in [5.74, 6) is 6.29. The lowest BCUT2D eigenvalue weighted by Crippen LogP contribution is -2.19. The molecule has 0 bridgehead atoms. The highest BCUT2D eigenvalue weighted by Gasteiger charge is 2.25. The first-order valence-corrected chi connectivity index (χ1v) is 7.17. The number of benzene rings is 1. The van der Waals surface area contributed by atoms with Gasteiger partial charge in [-0.25, -0.2) is 0 Å². The van der Waals surface area contributed by atoms with Crippen molar-refractivity contribution in [2.75, 3.05) is 0 Å². The zero-order chi connectivity index (χ0) is 15.7. The summed E-state index contributed by atoms with van der Waals surface area (Å²) in [6, 6.07) is 2.15. The van der Waals surface area contributed by atoms with Gasteiger partial charge in [-0.1, -0.05) is 54.2 Å². The topological polar surface area (TPSA) is 35.2 Å². The van der Waals surface area contributed by atoms with Gasteiger partial charge in [-0.05, 0) is 41.4 Å². The Morgan fingerprint density at radius 3 is 2.10 bits per heavy atom. The van der Waals surface area contributed by atoms with Crippen molar-refractivity contribution in [2.45, 2.75) is 60.3 Å². The van der Waals surface area contributed by atoms with Crippen molar-refractivity contribution in [3.63, 3.8) is 0 Å². The van der Waals surface area contributed by atoms with Gasteiger partial charge < -0.3 is 4.84 Å². The zero-order valence-electron chi connectivity index (χ0n) is 14.1. The van der Waals surface area contributed by atoms with E-state index in [0.717, 1.165) is 17.7 Å². The molecule has 0 amide bonds. The molecule has 0 saturated carbocycles. The van der Waals surface area contributed by atoms with Crippen molar-refractivity contribution in [1.82, 2.24) is 0 Å². The van der Waals surface area contributed by atoms with Gasteiger partial charge >= 0.3 is 0 Å². The molecular weight excluding hydrogens is 246 g/mol. The molecule has 0 aliphatic carbocycles. The molecule has 0 fully saturated rings. The van der Waals surface area contributed by atoms with Crippen LogP contribution in [0.1, 0.15) is 63.8 Å². The SMILES string of the molecule is C=Cc1cc(C(C)(C)C)c(C)c(CC(C)(C)C)c1ON. The first-order valence-electron chi connectivity index (χ1n) is 7.17. The molecule has 2 nitrogen and oxygen atoms in total. The number of rotatable bonds is 3. The number of hydrogen-bond donors (Lipinski definition) is 1. The van der Waals surface area contributed by atoms with Crippen molar-refractivity contribution < 1.29 is 4.84 Å². The molecule has 112 valence electrons. The van der Waals surface area contributed by atoms with Gasteiger partial charge in [-0.3, -0.25) is 0 Å². The molecule has 0 radical (unpaired) electrons. The van der Waals surface area contributed by atoms with Gasteiger partial charge in [0, 0.05) is 11.1 Å². The Bertz CT molecular complexity index is 502. The van der Waals surface area contributed by atoms with Crippen molar-refractivity contribution in [3.8, 4) is 5.75 Å². The average molecular weight is 275 g/mol. The standard InChI is InChI=1S/C18H29NO/c1-9-13-10-15(18(6,7)8)12(2)14(16(13)20-19)11-17(3,4)5/h9-10H,1,11,19H2,2-8H3. The van der Waals surface area contributed by atoms with Gasteiger partial charge in [-0.15, -0.1) is 0 Å². The molecule has 20 heavy (non-hydrogen) atoms. The normalized spacial score (nSPS) is 12.4. The summed E-state index contributed by atoms with van der Waals surface area (Å²) in [5, 5.41) is 0. The minimum Gasteiger partial charge on any atom is -0.411 e. The predicted octanol–water partition coefficient (Wildman–Crippen LogP) is 4.78. The van der Waals surface area contributed by atoms with Crippen LogP contribution in [0.5, 0.6) is 5.75 Å². The predicted molar refractivity (Wildman–Crippen MR) is 87.9 cm³/mol. The molecule has 0 saturated heterocycles. The van der Waals surface area contributed by atoms with Crippen LogP contribution in [0, 0.1) is 12.3 Å². The lowest BCUT2D eigenvalue weighted by molar-refractivity contribution is 0.320. The molecular formula is C18H29NO. The van der Waals surface area contributed by atoms with E-state index in [9.17, 15) is 0 Å². The maximum Gasteiger partial charge on any atom is 0.157 e. The van der Waals surface area contributed by atoms with Crippen LogP contribution in [0.15, 0.2) is 12.6 Å². The molecule has 0 atom stereocenters. The second kappa shape index (κ2) is 5.61. The highest BCUT2D eigenvalue weighted by molar-refractivity contribution is 5.63. The zero-order valence-corrected chi connectivity index (χ0v) is 14.1. The number of hydrogen-bond acceptors (Lipinski definition) is 2. The van der Waals surface area contributed by atoms with Gasteiger partial charge in [0.25, 0.3) is 0 Å². The van der Waals surface area contributed by atoms with E-state index in [4.69, 9.17) is 10.7 Å². The van der Waals surface area contributed by atoms with Gasteiger partial charge in [-0.2, -0.15) is 5.90 Å². The first-order chi connectivity index (χ1) is 9.01. The van der Waals surface area contributed by atoms with Gasteiger partial charge in [0.15, 0.2) is 5.75 Å². The van der Waals surface area contributed by atoms with Crippen molar-refractivity contribution >= 4 is 6.08 Å². The fraction of sp³-hybridized carbons (Fsp3) is 0.556. The van der Waals surface area contributed by atoms with Crippen LogP contribution >= 0.6 is 0 Å². The molecule has 0 heterocycles. The monoisotopic (exact) mass is 275 g/mol. The summed E-state index contributed by atoms with van der Waals surface area (Å²) >= 11 is 0. The summed E-state index contributed by atoms with van der Waals surface area (Å²) in [5.41, 5.74) is 5.03. The maximum absolute atomic E-state index is 5.53. The third-order valence-electron chi connectivity index (χ3n) is 3.55. The van der Waals surface area contributed by atoms with E-state index in [1.807, 2.05) is 6.08 Å². The Morgan fingerprint density at radius 2 is 1.75 bits per heavy atom. The third kappa shape index (κ3) is 3.63. The maximum atomic E-state index is 5.53. The molecule has 0 aromatic heterocycles. The Kier molecular flexibility index (Phi) is 4.70. The van der Waals surface area contributed by atoms with Crippen molar-refractivity contribution in [2.24, 2.45) is 11.3 Å². The summed E-state index contributed by atoms with van der Waals surface area (Å²) in [6.07, 6.45) is 2.75. The van der Waals surface area contributed by atoms with Crippen LogP contribution in [-0.4, -0.2) is 0 Å². The quantitative estimate of drug-likeness (QED) is 0.806. The van der Waals surface area contributed by atoms with Crippen LogP contribution in [0.25, 0.3) is 6.08 Å². The highest BCUT2D eigenvalue weighted by Crippen LogP contribution is 2.38.